The van der Waals surface area contributed by atoms with Gasteiger partial charge < -0.3 is 19.5 Å². The van der Waals surface area contributed by atoms with Crippen LogP contribution in [-0.4, -0.2) is 31.7 Å². The number of anilines is 1. The molecule has 7 heteroatoms. The molecular weight excluding hydrogens is 382 g/mol. The van der Waals surface area contributed by atoms with Gasteiger partial charge in [0, 0.05) is 10.7 Å². The highest BCUT2D eigenvalue weighted by Crippen LogP contribution is 2.28. The third-order valence-electron chi connectivity index (χ3n) is 3.72. The normalized spacial score (nSPS) is 11.2. The van der Waals surface area contributed by atoms with Crippen LogP contribution >= 0.6 is 11.6 Å². The topological polar surface area (TPSA) is 73.9 Å². The number of ether oxygens (including phenoxy) is 3. The Balaban J connectivity index is 1.87. The summed E-state index contributed by atoms with van der Waals surface area (Å²) in [6.07, 6.45) is 1.48. The van der Waals surface area contributed by atoms with E-state index in [4.69, 9.17) is 25.8 Å². The Bertz CT molecular complexity index is 852. The summed E-state index contributed by atoms with van der Waals surface area (Å²) in [4.78, 5) is 24.1. The van der Waals surface area contributed by atoms with Crippen molar-refractivity contribution in [1.29, 1.82) is 0 Å². The van der Waals surface area contributed by atoms with E-state index in [1.807, 2.05) is 12.1 Å². The van der Waals surface area contributed by atoms with Gasteiger partial charge in [-0.2, -0.15) is 0 Å². The van der Waals surface area contributed by atoms with E-state index in [0.29, 0.717) is 28.6 Å². The number of rotatable bonds is 9. The van der Waals surface area contributed by atoms with Crippen LogP contribution in [0.4, 0.5) is 5.69 Å². The first-order chi connectivity index (χ1) is 13.4. The van der Waals surface area contributed by atoms with E-state index < -0.39 is 18.0 Å². The Morgan fingerprint density at radius 1 is 1.21 bits per heavy atom. The van der Waals surface area contributed by atoms with Crippen LogP contribution < -0.4 is 14.8 Å². The fraction of sp³-hybridized carbons (Fsp3) is 0.238. The largest absolute Gasteiger partial charge is 0.493 e. The molecule has 0 unspecified atom stereocenters. The van der Waals surface area contributed by atoms with Crippen LogP contribution in [0.2, 0.25) is 5.02 Å². The SMILES string of the molecule is C=CCc1ccc(OCC(=O)O[C@H](C)C(=O)Nc2cccc(Cl)c2)c(OC)c1. The summed E-state index contributed by atoms with van der Waals surface area (Å²) in [6.45, 7) is 4.81. The first kappa shape index (κ1) is 21.3. The minimum Gasteiger partial charge on any atom is -0.493 e. The zero-order valence-corrected chi connectivity index (χ0v) is 16.5. The second-order valence-corrected chi connectivity index (χ2v) is 6.33. The van der Waals surface area contributed by atoms with Gasteiger partial charge in [-0.25, -0.2) is 4.79 Å². The summed E-state index contributed by atoms with van der Waals surface area (Å²) >= 11 is 5.88. The Morgan fingerprint density at radius 2 is 2.00 bits per heavy atom. The molecule has 0 aliphatic rings. The molecule has 0 fully saturated rings. The van der Waals surface area contributed by atoms with Crippen LogP contribution in [0.15, 0.2) is 55.1 Å². The first-order valence-corrected chi connectivity index (χ1v) is 8.97. The molecule has 0 bridgehead atoms. The molecule has 0 radical (unpaired) electrons. The Labute approximate surface area is 169 Å². The second kappa shape index (κ2) is 10.4. The molecule has 6 nitrogen and oxygen atoms in total. The van der Waals surface area contributed by atoms with Crippen LogP contribution in [0, 0.1) is 0 Å². The lowest BCUT2D eigenvalue weighted by Crippen LogP contribution is -2.31. The molecule has 0 aliphatic carbocycles. The molecule has 0 heterocycles. The molecule has 2 rings (SSSR count). The maximum absolute atomic E-state index is 12.1. The highest BCUT2D eigenvalue weighted by Gasteiger charge is 2.19. The average Bonchev–Trinajstić information content (AvgIpc) is 2.67. The molecule has 28 heavy (non-hydrogen) atoms. The van der Waals surface area contributed by atoms with Crippen molar-refractivity contribution in [3.8, 4) is 11.5 Å². The van der Waals surface area contributed by atoms with Crippen LogP contribution in [-0.2, 0) is 20.7 Å². The fourth-order valence-corrected chi connectivity index (χ4v) is 2.55. The lowest BCUT2D eigenvalue weighted by molar-refractivity contribution is -0.155. The molecule has 148 valence electrons. The van der Waals surface area contributed by atoms with Gasteiger partial charge in [0.15, 0.2) is 24.2 Å². The fourth-order valence-electron chi connectivity index (χ4n) is 2.36. The van der Waals surface area contributed by atoms with Crippen molar-refractivity contribution in [3.63, 3.8) is 0 Å². The molecule has 0 aliphatic heterocycles. The lowest BCUT2D eigenvalue weighted by Gasteiger charge is -2.15. The van der Waals surface area contributed by atoms with Gasteiger partial charge in [0.25, 0.3) is 5.91 Å². The zero-order chi connectivity index (χ0) is 20.5. The van der Waals surface area contributed by atoms with Gasteiger partial charge in [-0.05, 0) is 49.2 Å². The highest BCUT2D eigenvalue weighted by molar-refractivity contribution is 6.30. The molecule has 1 amide bonds. The molecule has 0 saturated heterocycles. The summed E-state index contributed by atoms with van der Waals surface area (Å²) in [5.41, 5.74) is 1.52. The van der Waals surface area contributed by atoms with Crippen molar-refractivity contribution < 1.29 is 23.8 Å². The number of methoxy groups -OCH3 is 1. The number of halogens is 1. The molecule has 2 aromatic carbocycles. The maximum Gasteiger partial charge on any atom is 0.344 e. The molecule has 0 aromatic heterocycles. The Morgan fingerprint density at radius 3 is 2.68 bits per heavy atom. The lowest BCUT2D eigenvalue weighted by atomic mass is 10.1. The smallest absolute Gasteiger partial charge is 0.344 e. The van der Waals surface area contributed by atoms with E-state index >= 15 is 0 Å². The van der Waals surface area contributed by atoms with Gasteiger partial charge in [-0.3, -0.25) is 4.79 Å². The van der Waals surface area contributed by atoms with Crippen molar-refractivity contribution in [2.75, 3.05) is 19.0 Å². The van der Waals surface area contributed by atoms with Crippen LogP contribution in [0.1, 0.15) is 12.5 Å². The molecular formula is C21H22ClNO5. The van der Waals surface area contributed by atoms with Gasteiger partial charge in [0.2, 0.25) is 0 Å². The quantitative estimate of drug-likeness (QED) is 0.505. The minimum atomic E-state index is -0.994. The number of benzene rings is 2. The predicted molar refractivity (Wildman–Crippen MR) is 108 cm³/mol. The summed E-state index contributed by atoms with van der Waals surface area (Å²) in [7, 11) is 1.51. The van der Waals surface area contributed by atoms with Gasteiger partial charge in [0.05, 0.1) is 7.11 Å². The number of carbonyl (C=O) groups excluding carboxylic acids is 2. The van der Waals surface area contributed by atoms with Gasteiger partial charge >= 0.3 is 5.97 Å². The number of hydrogen-bond acceptors (Lipinski definition) is 5. The maximum atomic E-state index is 12.1. The Kier molecular flexibility index (Phi) is 7.89. The van der Waals surface area contributed by atoms with Gasteiger partial charge in [-0.1, -0.05) is 29.8 Å². The van der Waals surface area contributed by atoms with E-state index in [2.05, 4.69) is 11.9 Å². The summed E-state index contributed by atoms with van der Waals surface area (Å²) in [6, 6.07) is 12.0. The standard InChI is InChI=1S/C21H22ClNO5/c1-4-6-15-9-10-18(19(11-15)26-3)27-13-20(24)28-14(2)21(25)23-17-8-5-7-16(22)12-17/h4-5,7-12,14H,1,6,13H2,2-3H3,(H,23,25)/t14-/m1/s1. The van der Waals surface area contributed by atoms with Crippen molar-refractivity contribution in [2.45, 2.75) is 19.4 Å². The van der Waals surface area contributed by atoms with Crippen molar-refractivity contribution >= 4 is 29.2 Å². The predicted octanol–water partition coefficient (Wildman–Crippen LogP) is 4.03. The van der Waals surface area contributed by atoms with E-state index in [0.717, 1.165) is 5.56 Å². The van der Waals surface area contributed by atoms with Crippen molar-refractivity contribution in [1.82, 2.24) is 0 Å². The van der Waals surface area contributed by atoms with E-state index in [9.17, 15) is 9.59 Å². The minimum absolute atomic E-state index is 0.355. The molecule has 0 spiro atoms. The summed E-state index contributed by atoms with van der Waals surface area (Å²) in [5, 5.41) is 3.12. The van der Waals surface area contributed by atoms with Gasteiger partial charge in [-0.15, -0.1) is 6.58 Å². The first-order valence-electron chi connectivity index (χ1n) is 8.59. The second-order valence-electron chi connectivity index (χ2n) is 5.90. The molecule has 1 atom stereocenters. The number of allylic oxidation sites excluding steroid dienone is 1. The van der Waals surface area contributed by atoms with Crippen LogP contribution in [0.5, 0.6) is 11.5 Å². The number of hydrogen-bond donors (Lipinski definition) is 1. The van der Waals surface area contributed by atoms with Crippen molar-refractivity contribution in [3.05, 3.63) is 65.7 Å². The highest BCUT2D eigenvalue weighted by atomic mass is 35.5. The monoisotopic (exact) mass is 403 g/mol. The third-order valence-corrected chi connectivity index (χ3v) is 3.96. The number of nitrogens with one attached hydrogen (secondary N) is 1. The molecule has 1 N–H and O–H groups in total. The number of carbonyl (C=O) groups is 2. The van der Waals surface area contributed by atoms with Crippen LogP contribution in [0.3, 0.4) is 0 Å². The molecule has 0 saturated carbocycles. The summed E-state index contributed by atoms with van der Waals surface area (Å²) in [5.74, 6) is -0.241. The third kappa shape index (κ3) is 6.32. The van der Waals surface area contributed by atoms with E-state index in [1.54, 1.807) is 36.4 Å². The van der Waals surface area contributed by atoms with Gasteiger partial charge in [0.1, 0.15) is 0 Å². The number of amides is 1. The summed E-state index contributed by atoms with van der Waals surface area (Å²) < 4.78 is 15.8. The van der Waals surface area contributed by atoms with Crippen molar-refractivity contribution in [2.24, 2.45) is 0 Å². The Hall–Kier alpha value is -2.99. The van der Waals surface area contributed by atoms with E-state index in [1.165, 1.54) is 14.0 Å². The number of esters is 1. The van der Waals surface area contributed by atoms with Crippen LogP contribution in [0.25, 0.3) is 0 Å². The zero-order valence-electron chi connectivity index (χ0n) is 15.7. The average molecular weight is 404 g/mol. The molecule has 2 aromatic rings. The van der Waals surface area contributed by atoms with E-state index in [-0.39, 0.29) is 6.61 Å².